The van der Waals surface area contributed by atoms with E-state index in [1.54, 1.807) is 17.8 Å². The summed E-state index contributed by atoms with van der Waals surface area (Å²) in [5.74, 6) is 3.08. The maximum Gasteiger partial charge on any atom is 0.136 e. The maximum absolute atomic E-state index is 5.72. The fraction of sp³-hybridized carbons (Fsp3) is 0.235. The van der Waals surface area contributed by atoms with E-state index in [0.717, 1.165) is 28.7 Å². The van der Waals surface area contributed by atoms with Gasteiger partial charge in [-0.2, -0.15) is 0 Å². The molecular formula is C17H19NO2S. The summed E-state index contributed by atoms with van der Waals surface area (Å²) in [5, 5.41) is 1.05. The van der Waals surface area contributed by atoms with Gasteiger partial charge >= 0.3 is 0 Å². The smallest absolute Gasteiger partial charge is 0.136 e. The molecule has 0 atom stereocenters. The highest BCUT2D eigenvalue weighted by molar-refractivity contribution is 8.14. The standard InChI is InChI=1S/C17H19NO2S/c1-13(2)7-8-14(3)20-16-6-4-5-15(11-16)19-12-17-18-9-10-21-17/h4-8,11H,1,3,9-10,12H2,2H3/b8-7-. The van der Waals surface area contributed by atoms with Crippen LogP contribution < -0.4 is 9.47 Å². The van der Waals surface area contributed by atoms with Crippen LogP contribution in [0.3, 0.4) is 0 Å². The van der Waals surface area contributed by atoms with Gasteiger partial charge in [-0.05, 0) is 25.1 Å². The zero-order valence-electron chi connectivity index (χ0n) is 12.2. The Morgan fingerprint density at radius 1 is 1.33 bits per heavy atom. The van der Waals surface area contributed by atoms with Gasteiger partial charge in [-0.15, -0.1) is 11.8 Å². The van der Waals surface area contributed by atoms with E-state index in [9.17, 15) is 0 Å². The van der Waals surface area contributed by atoms with Crippen LogP contribution in [0.2, 0.25) is 0 Å². The summed E-state index contributed by atoms with van der Waals surface area (Å²) in [5.41, 5.74) is 0.951. The fourth-order valence-corrected chi connectivity index (χ4v) is 2.40. The van der Waals surface area contributed by atoms with Crippen LogP contribution in [0.5, 0.6) is 11.5 Å². The number of thioether (sulfide) groups is 1. The topological polar surface area (TPSA) is 30.8 Å². The molecule has 1 aromatic carbocycles. The fourth-order valence-electron chi connectivity index (χ4n) is 1.66. The van der Waals surface area contributed by atoms with Gasteiger partial charge in [-0.25, -0.2) is 0 Å². The van der Waals surface area contributed by atoms with Crippen molar-refractivity contribution in [3.8, 4) is 11.5 Å². The van der Waals surface area contributed by atoms with Gasteiger partial charge in [0.2, 0.25) is 0 Å². The third-order valence-electron chi connectivity index (χ3n) is 2.62. The minimum absolute atomic E-state index is 0.518. The minimum Gasteiger partial charge on any atom is -0.487 e. The second kappa shape index (κ2) is 7.74. The van der Waals surface area contributed by atoms with Gasteiger partial charge in [0.15, 0.2) is 0 Å². The van der Waals surface area contributed by atoms with Gasteiger partial charge < -0.3 is 9.47 Å². The van der Waals surface area contributed by atoms with Crippen LogP contribution in [-0.4, -0.2) is 23.9 Å². The number of benzene rings is 1. The summed E-state index contributed by atoms with van der Waals surface area (Å²) in [6, 6.07) is 7.51. The molecule has 110 valence electrons. The maximum atomic E-state index is 5.72. The van der Waals surface area contributed by atoms with Gasteiger partial charge in [0.25, 0.3) is 0 Å². The summed E-state index contributed by atoms with van der Waals surface area (Å²) in [6.07, 6.45) is 3.65. The lowest BCUT2D eigenvalue weighted by molar-refractivity contribution is 0.374. The Morgan fingerprint density at radius 3 is 2.86 bits per heavy atom. The molecule has 0 unspecified atom stereocenters. The van der Waals surface area contributed by atoms with E-state index in [1.165, 1.54) is 0 Å². The molecule has 1 aliphatic heterocycles. The zero-order chi connectivity index (χ0) is 15.1. The van der Waals surface area contributed by atoms with Crippen LogP contribution in [0.25, 0.3) is 0 Å². The molecule has 0 aliphatic carbocycles. The Hall–Kier alpha value is -1.94. The van der Waals surface area contributed by atoms with Crippen molar-refractivity contribution < 1.29 is 9.47 Å². The second-order valence-electron chi connectivity index (χ2n) is 4.64. The monoisotopic (exact) mass is 301 g/mol. The van der Waals surface area contributed by atoms with Crippen LogP contribution in [-0.2, 0) is 0 Å². The molecule has 1 aliphatic rings. The lowest BCUT2D eigenvalue weighted by Crippen LogP contribution is -2.05. The molecule has 1 aromatic rings. The zero-order valence-corrected chi connectivity index (χ0v) is 13.0. The van der Waals surface area contributed by atoms with Crippen molar-refractivity contribution in [1.29, 1.82) is 0 Å². The first-order valence-electron chi connectivity index (χ1n) is 6.73. The predicted octanol–water partition coefficient (Wildman–Crippen LogP) is 4.24. The number of hydrogen-bond acceptors (Lipinski definition) is 4. The summed E-state index contributed by atoms with van der Waals surface area (Å²) < 4.78 is 11.4. The first kappa shape index (κ1) is 15.4. The Bertz CT molecular complexity index is 590. The number of aliphatic imine (C=N–C) groups is 1. The van der Waals surface area contributed by atoms with Crippen LogP contribution in [0.15, 0.2) is 65.9 Å². The Labute approximate surface area is 130 Å². The molecule has 2 rings (SSSR count). The van der Waals surface area contributed by atoms with Crippen molar-refractivity contribution in [1.82, 2.24) is 0 Å². The van der Waals surface area contributed by atoms with Crippen molar-refractivity contribution in [3.05, 3.63) is 60.9 Å². The molecule has 0 saturated carbocycles. The van der Waals surface area contributed by atoms with Crippen LogP contribution in [0, 0.1) is 0 Å². The number of ether oxygens (including phenoxy) is 2. The van der Waals surface area contributed by atoms with Gasteiger partial charge in [-0.1, -0.05) is 30.9 Å². The highest BCUT2D eigenvalue weighted by atomic mass is 32.2. The average Bonchev–Trinajstić information content (AvgIpc) is 2.97. The first-order chi connectivity index (χ1) is 10.1. The molecule has 0 saturated heterocycles. The van der Waals surface area contributed by atoms with Crippen molar-refractivity contribution in [3.63, 3.8) is 0 Å². The van der Waals surface area contributed by atoms with Crippen LogP contribution in [0.1, 0.15) is 6.92 Å². The van der Waals surface area contributed by atoms with E-state index in [0.29, 0.717) is 18.1 Å². The van der Waals surface area contributed by atoms with Gasteiger partial charge in [0.05, 0.1) is 0 Å². The van der Waals surface area contributed by atoms with Crippen molar-refractivity contribution in [2.75, 3.05) is 18.9 Å². The number of hydrogen-bond donors (Lipinski definition) is 0. The molecule has 3 nitrogen and oxygen atoms in total. The van der Waals surface area contributed by atoms with E-state index in [2.05, 4.69) is 18.2 Å². The molecule has 4 heteroatoms. The first-order valence-corrected chi connectivity index (χ1v) is 7.71. The van der Waals surface area contributed by atoms with Crippen LogP contribution >= 0.6 is 11.8 Å². The third-order valence-corrected chi connectivity index (χ3v) is 3.59. The average molecular weight is 301 g/mol. The number of rotatable bonds is 7. The molecule has 0 amide bonds. The molecule has 0 bridgehead atoms. The molecule has 0 radical (unpaired) electrons. The molecule has 0 aromatic heterocycles. The minimum atomic E-state index is 0.518. The lowest BCUT2D eigenvalue weighted by Gasteiger charge is -2.09. The molecule has 21 heavy (non-hydrogen) atoms. The van der Waals surface area contributed by atoms with Crippen molar-refractivity contribution in [2.45, 2.75) is 6.92 Å². The number of allylic oxidation sites excluding steroid dienone is 3. The summed E-state index contributed by atoms with van der Waals surface area (Å²) in [6.45, 7) is 11.0. The highest BCUT2D eigenvalue weighted by Gasteiger charge is 2.08. The SMILES string of the molecule is C=C(C)/C=C\C(=C)Oc1cccc(OCC2=NCCS2)c1. The van der Waals surface area contributed by atoms with Crippen molar-refractivity contribution in [2.24, 2.45) is 4.99 Å². The highest BCUT2D eigenvalue weighted by Crippen LogP contribution is 2.22. The Morgan fingerprint density at radius 2 is 2.14 bits per heavy atom. The lowest BCUT2D eigenvalue weighted by atomic mass is 10.3. The third kappa shape index (κ3) is 5.52. The molecular weight excluding hydrogens is 282 g/mol. The Balaban J connectivity index is 1.90. The quantitative estimate of drug-likeness (QED) is 0.557. The largest absolute Gasteiger partial charge is 0.487 e. The molecule has 1 heterocycles. The van der Waals surface area contributed by atoms with E-state index >= 15 is 0 Å². The Kier molecular flexibility index (Phi) is 5.69. The van der Waals surface area contributed by atoms with Crippen molar-refractivity contribution >= 4 is 16.8 Å². The molecule has 0 spiro atoms. The van der Waals surface area contributed by atoms with Crippen LogP contribution in [0.4, 0.5) is 0 Å². The van der Waals surface area contributed by atoms with Gasteiger partial charge in [0.1, 0.15) is 28.9 Å². The number of nitrogens with zero attached hydrogens (tertiary/aromatic N) is 1. The predicted molar refractivity (Wildman–Crippen MR) is 90.4 cm³/mol. The molecule has 0 N–H and O–H groups in total. The van der Waals surface area contributed by atoms with E-state index in [4.69, 9.17) is 9.47 Å². The second-order valence-corrected chi connectivity index (χ2v) is 5.80. The summed E-state index contributed by atoms with van der Waals surface area (Å²) in [4.78, 5) is 4.35. The van der Waals surface area contributed by atoms with E-state index in [1.807, 2.05) is 37.3 Å². The normalized spacial score (nSPS) is 14.0. The van der Waals surface area contributed by atoms with E-state index in [-0.39, 0.29) is 0 Å². The van der Waals surface area contributed by atoms with E-state index < -0.39 is 0 Å². The summed E-state index contributed by atoms with van der Waals surface area (Å²) in [7, 11) is 0. The van der Waals surface area contributed by atoms with Gasteiger partial charge in [0, 0.05) is 18.4 Å². The van der Waals surface area contributed by atoms with Gasteiger partial charge in [-0.3, -0.25) is 4.99 Å². The molecule has 0 fully saturated rings. The summed E-state index contributed by atoms with van der Waals surface area (Å²) >= 11 is 1.75.